The number of rotatable bonds is 3. The van der Waals surface area contributed by atoms with Gasteiger partial charge in [-0.15, -0.1) is 10.2 Å². The third-order valence-electron chi connectivity index (χ3n) is 4.70. The van der Waals surface area contributed by atoms with Gasteiger partial charge in [-0.2, -0.15) is 10.4 Å². The zero-order valence-electron chi connectivity index (χ0n) is 14.9. The van der Waals surface area contributed by atoms with Gasteiger partial charge in [-0.05, 0) is 19.9 Å². The number of hydrogen-bond donors (Lipinski definition) is 1. The molecule has 3 heterocycles. The summed E-state index contributed by atoms with van der Waals surface area (Å²) in [6, 6.07) is 10.0. The summed E-state index contributed by atoms with van der Waals surface area (Å²) < 4.78 is 15.4. The fourth-order valence-corrected chi connectivity index (χ4v) is 2.91. The first-order valence-electron chi connectivity index (χ1n) is 8.33. The Morgan fingerprint density at radius 1 is 1.30 bits per heavy atom. The molecule has 1 aliphatic rings. The Labute approximate surface area is 155 Å². The lowest BCUT2D eigenvalue weighted by Gasteiger charge is -2.16. The van der Waals surface area contributed by atoms with Crippen molar-refractivity contribution in [3.8, 4) is 17.6 Å². The van der Waals surface area contributed by atoms with Crippen LogP contribution < -0.4 is 5.32 Å². The first-order chi connectivity index (χ1) is 12.9. The number of nitrogens with zero attached hydrogens (tertiary/aromatic N) is 6. The van der Waals surface area contributed by atoms with Gasteiger partial charge in [0.15, 0.2) is 5.82 Å². The monoisotopic (exact) mass is 361 g/mol. The summed E-state index contributed by atoms with van der Waals surface area (Å²) in [5.41, 5.74) is 2.26. The largest absolute Gasteiger partial charge is 0.342 e. The Bertz CT molecular complexity index is 1110. The maximum Gasteiger partial charge on any atom is 0.204 e. The van der Waals surface area contributed by atoms with Crippen molar-refractivity contribution in [1.82, 2.24) is 25.0 Å². The van der Waals surface area contributed by atoms with Gasteiger partial charge in [-0.1, -0.05) is 24.8 Å². The SMILES string of the molecule is C=C1Nc2nc(-c3cc(C#N)n(Cc4ccccc4F)n3)nnc2C1(C)C. The van der Waals surface area contributed by atoms with Crippen molar-refractivity contribution < 1.29 is 4.39 Å². The molecule has 0 amide bonds. The lowest BCUT2D eigenvalue weighted by Crippen LogP contribution is -2.17. The molecule has 0 saturated carbocycles. The van der Waals surface area contributed by atoms with Crippen molar-refractivity contribution >= 4 is 5.82 Å². The molecule has 0 aliphatic carbocycles. The molecule has 0 saturated heterocycles. The summed E-state index contributed by atoms with van der Waals surface area (Å²) in [4.78, 5) is 4.48. The van der Waals surface area contributed by atoms with Crippen molar-refractivity contribution in [3.63, 3.8) is 0 Å². The standard InChI is InChI=1S/C19H16FN7/c1-11-19(2,3)16-18(22-11)23-17(25-24-16)15-8-13(9-21)27(26-15)10-12-6-4-5-7-14(12)20/h4-8H,1,10H2,2-3H3,(H,22,23,25). The van der Waals surface area contributed by atoms with E-state index in [0.717, 1.165) is 5.70 Å². The van der Waals surface area contributed by atoms with Crippen LogP contribution in [-0.2, 0) is 12.0 Å². The minimum atomic E-state index is -0.365. The second kappa shape index (κ2) is 5.99. The molecular formula is C19H16FN7. The fraction of sp³-hybridized carbons (Fsp3) is 0.211. The number of benzene rings is 1. The third-order valence-corrected chi connectivity index (χ3v) is 4.70. The Morgan fingerprint density at radius 2 is 2.07 bits per heavy atom. The molecule has 7 nitrogen and oxygen atoms in total. The molecule has 3 aromatic rings. The first-order valence-corrected chi connectivity index (χ1v) is 8.33. The average molecular weight is 361 g/mol. The number of hydrogen-bond acceptors (Lipinski definition) is 6. The van der Waals surface area contributed by atoms with Crippen molar-refractivity contribution in [2.24, 2.45) is 0 Å². The van der Waals surface area contributed by atoms with Gasteiger partial charge in [0.05, 0.1) is 12.0 Å². The molecule has 27 heavy (non-hydrogen) atoms. The highest BCUT2D eigenvalue weighted by atomic mass is 19.1. The van der Waals surface area contributed by atoms with E-state index in [9.17, 15) is 9.65 Å². The Balaban J connectivity index is 1.72. The van der Waals surface area contributed by atoms with E-state index in [1.54, 1.807) is 24.3 Å². The van der Waals surface area contributed by atoms with Crippen LogP contribution in [-0.4, -0.2) is 25.0 Å². The Morgan fingerprint density at radius 3 is 2.81 bits per heavy atom. The second-order valence-corrected chi connectivity index (χ2v) is 6.84. The number of nitrogens with one attached hydrogen (secondary N) is 1. The summed E-state index contributed by atoms with van der Waals surface area (Å²) >= 11 is 0. The zero-order valence-corrected chi connectivity index (χ0v) is 14.9. The van der Waals surface area contributed by atoms with E-state index in [1.165, 1.54) is 10.7 Å². The second-order valence-electron chi connectivity index (χ2n) is 6.84. The van der Waals surface area contributed by atoms with Gasteiger partial charge in [0.2, 0.25) is 5.82 Å². The zero-order chi connectivity index (χ0) is 19.2. The van der Waals surface area contributed by atoms with Gasteiger partial charge in [-0.25, -0.2) is 14.1 Å². The van der Waals surface area contributed by atoms with Gasteiger partial charge >= 0.3 is 0 Å². The highest BCUT2D eigenvalue weighted by Crippen LogP contribution is 2.39. The van der Waals surface area contributed by atoms with E-state index in [2.05, 4.69) is 38.2 Å². The smallest absolute Gasteiger partial charge is 0.204 e. The number of nitriles is 1. The molecule has 1 aromatic carbocycles. The lowest BCUT2D eigenvalue weighted by molar-refractivity contribution is 0.583. The quantitative estimate of drug-likeness (QED) is 0.771. The van der Waals surface area contributed by atoms with Crippen molar-refractivity contribution in [1.29, 1.82) is 5.26 Å². The van der Waals surface area contributed by atoms with Gasteiger partial charge in [0.1, 0.15) is 29.0 Å². The van der Waals surface area contributed by atoms with E-state index in [0.29, 0.717) is 22.8 Å². The molecule has 0 radical (unpaired) electrons. The van der Waals surface area contributed by atoms with E-state index in [1.807, 2.05) is 13.8 Å². The maximum atomic E-state index is 13.9. The number of aromatic nitrogens is 5. The van der Waals surface area contributed by atoms with E-state index < -0.39 is 0 Å². The van der Waals surface area contributed by atoms with Crippen molar-refractivity contribution in [3.05, 3.63) is 65.4 Å². The summed E-state index contributed by atoms with van der Waals surface area (Å²) in [7, 11) is 0. The van der Waals surface area contributed by atoms with Crippen LogP contribution in [0.5, 0.6) is 0 Å². The number of anilines is 1. The third kappa shape index (κ3) is 2.73. The molecule has 2 aromatic heterocycles. The normalized spacial score (nSPS) is 14.5. The summed E-state index contributed by atoms with van der Waals surface area (Å²) in [6.07, 6.45) is 0. The molecule has 0 fully saturated rings. The highest BCUT2D eigenvalue weighted by Gasteiger charge is 2.37. The van der Waals surface area contributed by atoms with Crippen LogP contribution in [0.3, 0.4) is 0 Å². The fourth-order valence-electron chi connectivity index (χ4n) is 2.91. The molecule has 0 spiro atoms. The molecule has 134 valence electrons. The highest BCUT2D eigenvalue weighted by molar-refractivity contribution is 5.63. The molecule has 4 rings (SSSR count). The minimum Gasteiger partial charge on any atom is -0.342 e. The van der Waals surface area contributed by atoms with Crippen LogP contribution in [0, 0.1) is 17.1 Å². The predicted octanol–water partition coefficient (Wildman–Crippen LogP) is 3.01. The number of halogens is 1. The molecule has 1 aliphatic heterocycles. The number of fused-ring (bicyclic) bond motifs is 1. The lowest BCUT2D eigenvalue weighted by atomic mass is 9.89. The van der Waals surface area contributed by atoms with E-state index in [4.69, 9.17) is 0 Å². The summed E-state index contributed by atoms with van der Waals surface area (Å²) in [5, 5.41) is 25.3. The molecule has 0 atom stereocenters. The Hall–Kier alpha value is -3.60. The molecule has 0 bridgehead atoms. The molecule has 0 unspecified atom stereocenters. The maximum absolute atomic E-state index is 13.9. The van der Waals surface area contributed by atoms with Crippen LogP contribution in [0.15, 0.2) is 42.6 Å². The Kier molecular flexibility index (Phi) is 3.73. The van der Waals surface area contributed by atoms with Crippen molar-refractivity contribution in [2.45, 2.75) is 25.8 Å². The van der Waals surface area contributed by atoms with Gasteiger partial charge in [0.25, 0.3) is 0 Å². The first kappa shape index (κ1) is 16.8. The van der Waals surface area contributed by atoms with Crippen LogP contribution in [0.25, 0.3) is 11.5 Å². The topological polar surface area (TPSA) is 92.3 Å². The van der Waals surface area contributed by atoms with Crippen LogP contribution in [0.2, 0.25) is 0 Å². The van der Waals surface area contributed by atoms with Gasteiger partial charge in [-0.3, -0.25) is 0 Å². The molecular weight excluding hydrogens is 345 g/mol. The average Bonchev–Trinajstić information content (AvgIpc) is 3.15. The van der Waals surface area contributed by atoms with E-state index in [-0.39, 0.29) is 29.3 Å². The number of allylic oxidation sites excluding steroid dienone is 1. The minimum absolute atomic E-state index is 0.135. The predicted molar refractivity (Wildman–Crippen MR) is 97.1 cm³/mol. The van der Waals surface area contributed by atoms with Gasteiger partial charge < -0.3 is 5.32 Å². The van der Waals surface area contributed by atoms with Gasteiger partial charge in [0, 0.05) is 17.3 Å². The van der Waals surface area contributed by atoms with Crippen molar-refractivity contribution in [2.75, 3.05) is 5.32 Å². The summed E-state index contributed by atoms with van der Waals surface area (Å²) in [6.45, 7) is 8.10. The summed E-state index contributed by atoms with van der Waals surface area (Å²) in [5.74, 6) is 0.520. The molecule has 1 N–H and O–H groups in total. The molecule has 8 heteroatoms. The van der Waals surface area contributed by atoms with Crippen LogP contribution in [0.1, 0.15) is 30.8 Å². The van der Waals surface area contributed by atoms with E-state index >= 15 is 0 Å². The van der Waals surface area contributed by atoms with Crippen LogP contribution in [0.4, 0.5) is 10.2 Å². The van der Waals surface area contributed by atoms with Crippen LogP contribution >= 0.6 is 0 Å².